The van der Waals surface area contributed by atoms with Crippen LogP contribution < -0.4 is 14.4 Å². The van der Waals surface area contributed by atoms with E-state index in [4.69, 9.17) is 16.3 Å². The summed E-state index contributed by atoms with van der Waals surface area (Å²) in [5, 5.41) is 3.34. The van der Waals surface area contributed by atoms with Crippen LogP contribution in [0.15, 0.2) is 48.5 Å². The Hall–Kier alpha value is -2.78. The van der Waals surface area contributed by atoms with Crippen LogP contribution in [-0.4, -0.2) is 56.6 Å². The summed E-state index contributed by atoms with van der Waals surface area (Å²) in [6, 6.07) is 12.6. The number of amides is 2. The third-order valence-electron chi connectivity index (χ3n) is 5.58. The first-order valence-corrected chi connectivity index (χ1v) is 13.7. The zero-order valence-electron chi connectivity index (χ0n) is 20.8. The molecule has 1 N–H and O–H groups in total. The molecule has 2 rings (SSSR count). The highest BCUT2D eigenvalue weighted by Crippen LogP contribution is 2.23. The molecule has 0 unspecified atom stereocenters. The van der Waals surface area contributed by atoms with E-state index in [0.717, 1.165) is 17.0 Å². The Labute approximate surface area is 213 Å². The Morgan fingerprint density at radius 2 is 1.69 bits per heavy atom. The molecule has 2 atom stereocenters. The van der Waals surface area contributed by atoms with E-state index in [1.807, 2.05) is 20.8 Å². The molecule has 0 radical (unpaired) electrons. The second-order valence-corrected chi connectivity index (χ2v) is 10.6. The summed E-state index contributed by atoms with van der Waals surface area (Å²) >= 11 is 6.32. The van der Waals surface area contributed by atoms with Gasteiger partial charge < -0.3 is 15.0 Å². The van der Waals surface area contributed by atoms with Crippen LogP contribution in [0.5, 0.6) is 5.75 Å². The molecule has 2 aromatic carbocycles. The summed E-state index contributed by atoms with van der Waals surface area (Å²) in [5.74, 6) is -0.269. The number of nitrogens with zero attached hydrogens (tertiary/aromatic N) is 2. The Kier molecular flexibility index (Phi) is 10.4. The molecule has 0 saturated carbocycles. The Morgan fingerprint density at radius 1 is 1.06 bits per heavy atom. The van der Waals surface area contributed by atoms with Crippen molar-refractivity contribution in [2.45, 2.75) is 52.7 Å². The number of halogens is 1. The predicted octanol–water partition coefficient (Wildman–Crippen LogP) is 3.84. The molecular weight excluding hydrogens is 490 g/mol. The van der Waals surface area contributed by atoms with Crippen LogP contribution in [0, 0.1) is 0 Å². The maximum Gasteiger partial charge on any atom is 0.244 e. The van der Waals surface area contributed by atoms with E-state index in [0.29, 0.717) is 28.6 Å². The lowest BCUT2D eigenvalue weighted by Crippen LogP contribution is -2.52. The first-order chi connectivity index (χ1) is 16.5. The minimum Gasteiger partial charge on any atom is -0.494 e. The van der Waals surface area contributed by atoms with Gasteiger partial charge in [-0.2, -0.15) is 0 Å². The van der Waals surface area contributed by atoms with Gasteiger partial charge in [-0.05, 0) is 63.1 Å². The second kappa shape index (κ2) is 12.8. The zero-order valence-corrected chi connectivity index (χ0v) is 22.4. The number of sulfonamides is 1. The topological polar surface area (TPSA) is 96.0 Å². The molecule has 8 nitrogen and oxygen atoms in total. The van der Waals surface area contributed by atoms with Crippen molar-refractivity contribution >= 4 is 39.1 Å². The van der Waals surface area contributed by atoms with Gasteiger partial charge in [-0.15, -0.1) is 0 Å². The summed E-state index contributed by atoms with van der Waals surface area (Å²) < 4.78 is 31.7. The van der Waals surface area contributed by atoms with Crippen LogP contribution >= 0.6 is 11.6 Å². The van der Waals surface area contributed by atoms with Crippen molar-refractivity contribution in [2.75, 3.05) is 23.7 Å². The van der Waals surface area contributed by atoms with E-state index in [1.165, 1.54) is 4.90 Å². The number of hydrogen-bond donors (Lipinski definition) is 1. The van der Waals surface area contributed by atoms with Crippen LogP contribution in [0.2, 0.25) is 5.02 Å². The molecule has 0 spiro atoms. The van der Waals surface area contributed by atoms with Gasteiger partial charge in [-0.25, -0.2) is 8.42 Å². The quantitative estimate of drug-likeness (QED) is 0.456. The Morgan fingerprint density at radius 3 is 2.23 bits per heavy atom. The van der Waals surface area contributed by atoms with Crippen LogP contribution in [0.4, 0.5) is 5.69 Å². The zero-order chi connectivity index (χ0) is 26.2. The van der Waals surface area contributed by atoms with Gasteiger partial charge in [0.2, 0.25) is 21.8 Å². The van der Waals surface area contributed by atoms with Gasteiger partial charge in [-0.3, -0.25) is 13.9 Å². The molecule has 2 amide bonds. The van der Waals surface area contributed by atoms with Gasteiger partial charge in [0.05, 0.1) is 18.6 Å². The lowest BCUT2D eigenvalue weighted by atomic mass is 10.1. The smallest absolute Gasteiger partial charge is 0.244 e. The third-order valence-corrected chi connectivity index (χ3v) is 7.09. The molecule has 192 valence electrons. The van der Waals surface area contributed by atoms with Crippen LogP contribution in [0.3, 0.4) is 0 Å². The number of benzene rings is 2. The van der Waals surface area contributed by atoms with Crippen molar-refractivity contribution in [2.24, 2.45) is 0 Å². The molecule has 10 heteroatoms. The first kappa shape index (κ1) is 28.5. The van der Waals surface area contributed by atoms with Crippen molar-refractivity contribution in [3.8, 4) is 5.75 Å². The normalized spacial score (nSPS) is 13.0. The van der Waals surface area contributed by atoms with Crippen LogP contribution in [-0.2, 0) is 26.2 Å². The first-order valence-electron chi connectivity index (χ1n) is 11.5. The Balaban J connectivity index is 2.38. The van der Waals surface area contributed by atoms with Gasteiger partial charge in [0, 0.05) is 17.6 Å². The molecule has 0 aliphatic carbocycles. The molecule has 0 bridgehead atoms. The molecule has 0 saturated heterocycles. The largest absolute Gasteiger partial charge is 0.494 e. The summed E-state index contributed by atoms with van der Waals surface area (Å²) in [6.07, 6.45) is 1.77. The van der Waals surface area contributed by atoms with Crippen molar-refractivity contribution in [3.05, 3.63) is 59.1 Å². The molecule has 0 fully saturated rings. The number of ether oxygens (including phenoxy) is 1. The van der Waals surface area contributed by atoms with Gasteiger partial charge in [0.15, 0.2) is 0 Å². The minimum atomic E-state index is -3.80. The fourth-order valence-corrected chi connectivity index (χ4v) is 4.39. The molecule has 0 aromatic heterocycles. The maximum atomic E-state index is 13.5. The molecule has 35 heavy (non-hydrogen) atoms. The molecule has 0 aliphatic rings. The number of nitrogens with one attached hydrogen (secondary N) is 1. The molecule has 0 heterocycles. The molecule has 2 aromatic rings. The lowest BCUT2D eigenvalue weighted by Gasteiger charge is -2.32. The summed E-state index contributed by atoms with van der Waals surface area (Å²) in [4.78, 5) is 27.8. The van der Waals surface area contributed by atoms with E-state index < -0.39 is 28.5 Å². The van der Waals surface area contributed by atoms with E-state index >= 15 is 0 Å². The predicted molar refractivity (Wildman–Crippen MR) is 139 cm³/mol. The minimum absolute atomic E-state index is 0.0501. The third kappa shape index (κ3) is 8.14. The SMILES string of the molecule is CCOc1ccc(N(CC(=O)N(Cc2ccccc2Cl)[C@@H](C)C(=O)N[C@H](C)CC)S(C)(=O)=O)cc1. The number of hydrogen-bond acceptors (Lipinski definition) is 5. The summed E-state index contributed by atoms with van der Waals surface area (Å²) in [6.45, 7) is 7.34. The summed E-state index contributed by atoms with van der Waals surface area (Å²) in [7, 11) is -3.80. The lowest BCUT2D eigenvalue weighted by molar-refractivity contribution is -0.139. The molecular formula is C25H34ClN3O5S. The number of carbonyl (C=O) groups is 2. The van der Waals surface area contributed by atoms with E-state index in [2.05, 4.69) is 5.32 Å². The van der Waals surface area contributed by atoms with Crippen LogP contribution in [0.1, 0.15) is 39.7 Å². The highest BCUT2D eigenvalue weighted by molar-refractivity contribution is 7.92. The maximum absolute atomic E-state index is 13.5. The van der Waals surface area contributed by atoms with E-state index in [-0.39, 0.29) is 18.5 Å². The molecule has 0 aliphatic heterocycles. The van der Waals surface area contributed by atoms with Crippen LogP contribution in [0.25, 0.3) is 0 Å². The van der Waals surface area contributed by atoms with Gasteiger partial charge >= 0.3 is 0 Å². The van der Waals surface area contributed by atoms with Crippen molar-refractivity contribution in [1.82, 2.24) is 10.2 Å². The number of carbonyl (C=O) groups excluding carboxylic acids is 2. The van der Waals surface area contributed by atoms with E-state index in [1.54, 1.807) is 55.5 Å². The fourth-order valence-electron chi connectivity index (χ4n) is 3.35. The van der Waals surface area contributed by atoms with Gasteiger partial charge in [0.25, 0.3) is 0 Å². The Bertz CT molecular complexity index is 1110. The average Bonchev–Trinajstić information content (AvgIpc) is 2.81. The summed E-state index contributed by atoms with van der Waals surface area (Å²) in [5.41, 5.74) is 0.969. The number of anilines is 1. The number of rotatable bonds is 12. The van der Waals surface area contributed by atoms with Crippen molar-refractivity contribution < 1.29 is 22.7 Å². The van der Waals surface area contributed by atoms with E-state index in [9.17, 15) is 18.0 Å². The van der Waals surface area contributed by atoms with Crippen molar-refractivity contribution in [1.29, 1.82) is 0 Å². The standard InChI is InChI=1S/C25H34ClN3O5S/c1-6-18(3)27-25(31)19(4)28(16-20-10-8-9-11-23(20)26)24(30)17-29(35(5,32)33)21-12-14-22(15-13-21)34-7-2/h8-15,18-19H,6-7,16-17H2,1-5H3,(H,27,31)/t18-,19+/m1/s1. The van der Waals surface area contributed by atoms with Crippen molar-refractivity contribution in [3.63, 3.8) is 0 Å². The monoisotopic (exact) mass is 523 g/mol. The van der Waals surface area contributed by atoms with Gasteiger partial charge in [-0.1, -0.05) is 36.7 Å². The highest BCUT2D eigenvalue weighted by atomic mass is 35.5. The highest BCUT2D eigenvalue weighted by Gasteiger charge is 2.30. The second-order valence-electron chi connectivity index (χ2n) is 8.30. The fraction of sp³-hybridized carbons (Fsp3) is 0.440. The van der Waals surface area contributed by atoms with Gasteiger partial charge in [0.1, 0.15) is 18.3 Å². The average molecular weight is 524 g/mol.